The lowest BCUT2D eigenvalue weighted by Crippen LogP contribution is -2.45. The van der Waals surface area contributed by atoms with Crippen molar-refractivity contribution in [1.82, 2.24) is 20.4 Å². The topological polar surface area (TPSA) is 137 Å². The van der Waals surface area contributed by atoms with E-state index in [-0.39, 0.29) is 67.0 Å². The number of carbonyl (C=O) groups excluding carboxylic acids is 5. The number of benzene rings is 3. The predicted molar refractivity (Wildman–Crippen MR) is 202 cm³/mol. The standard InChI is InChI=1S/C41H52FN5O6/c1-40(2,3)23-34-39(52)44-30-13-11-27(12-14-30)17-18-46(6)35(48)24-41(4,5)25-36(49)47(7)19-20-53-31-15-16-32(33(42)22-31)38(51)43-26-28-9-8-10-29(21-28)37(50)45-34/h8-16,21-22,34H,17-20,23-26H2,1-7H3,(H,43,51)(H,44,52)(H,45,50)/t34-/m0/s1. The molecule has 53 heavy (non-hydrogen) atoms. The Morgan fingerprint density at radius 3 is 2.13 bits per heavy atom. The van der Waals surface area contributed by atoms with Crippen LogP contribution in [0, 0.1) is 16.6 Å². The highest BCUT2D eigenvalue weighted by Gasteiger charge is 2.29. The van der Waals surface area contributed by atoms with Gasteiger partial charge >= 0.3 is 0 Å². The molecule has 284 valence electrons. The number of anilines is 1. The smallest absolute Gasteiger partial charge is 0.254 e. The van der Waals surface area contributed by atoms with Crippen molar-refractivity contribution in [3.63, 3.8) is 0 Å². The molecule has 4 aliphatic rings. The molecule has 11 nitrogen and oxygen atoms in total. The van der Waals surface area contributed by atoms with Crippen LogP contribution in [0.15, 0.2) is 66.7 Å². The second-order valence-electron chi connectivity index (χ2n) is 15.7. The summed E-state index contributed by atoms with van der Waals surface area (Å²) in [5.41, 5.74) is 1.40. The normalized spacial score (nSPS) is 18.8. The van der Waals surface area contributed by atoms with Crippen LogP contribution in [0.4, 0.5) is 10.1 Å². The van der Waals surface area contributed by atoms with Gasteiger partial charge in [0.25, 0.3) is 11.8 Å². The van der Waals surface area contributed by atoms with Gasteiger partial charge in [0.05, 0.1) is 12.1 Å². The molecule has 4 aliphatic heterocycles. The second kappa shape index (κ2) is 17.5. The summed E-state index contributed by atoms with van der Waals surface area (Å²) in [6.45, 7) is 10.6. The Morgan fingerprint density at radius 1 is 0.830 bits per heavy atom. The van der Waals surface area contributed by atoms with Crippen molar-refractivity contribution in [2.75, 3.05) is 39.1 Å². The van der Waals surface area contributed by atoms with Crippen LogP contribution in [0.25, 0.3) is 0 Å². The molecule has 0 aliphatic carbocycles. The zero-order chi connectivity index (χ0) is 38.9. The van der Waals surface area contributed by atoms with E-state index in [4.69, 9.17) is 4.74 Å². The van der Waals surface area contributed by atoms with E-state index in [0.29, 0.717) is 36.2 Å². The molecule has 0 fully saturated rings. The SMILES string of the molecule is CN1CCOc2ccc(c(F)c2)C(=O)NCc2cccc(c2)C(=O)N[C@@H](CC(C)(C)C)C(=O)Nc2ccc(cc2)CCN(C)C(=O)CC(C)(C)CC1=O. The number of nitrogens with zero attached hydrogens (tertiary/aromatic N) is 2. The first-order chi connectivity index (χ1) is 24.9. The number of nitrogens with one attached hydrogen (secondary N) is 3. The van der Waals surface area contributed by atoms with E-state index in [2.05, 4.69) is 16.0 Å². The Bertz CT molecular complexity index is 1800. The summed E-state index contributed by atoms with van der Waals surface area (Å²) in [6, 6.07) is 17.1. The van der Waals surface area contributed by atoms with Crippen molar-refractivity contribution in [1.29, 1.82) is 0 Å². The van der Waals surface area contributed by atoms with E-state index < -0.39 is 29.1 Å². The molecule has 1 atom stereocenters. The van der Waals surface area contributed by atoms with Crippen LogP contribution in [0.3, 0.4) is 0 Å². The molecule has 0 saturated carbocycles. The molecule has 5 amide bonds. The van der Waals surface area contributed by atoms with Crippen LogP contribution in [-0.2, 0) is 27.3 Å². The Balaban J connectivity index is 1.55. The van der Waals surface area contributed by atoms with Crippen molar-refractivity contribution in [2.45, 2.75) is 72.9 Å². The van der Waals surface area contributed by atoms with Crippen molar-refractivity contribution >= 4 is 35.2 Å². The van der Waals surface area contributed by atoms with E-state index in [0.717, 1.165) is 11.6 Å². The molecule has 0 spiro atoms. The summed E-state index contributed by atoms with van der Waals surface area (Å²) < 4.78 is 20.7. The fourth-order valence-corrected chi connectivity index (χ4v) is 5.92. The fraction of sp³-hybridized carbons (Fsp3) is 0.439. The Labute approximate surface area is 311 Å². The lowest BCUT2D eigenvalue weighted by molar-refractivity contribution is -0.135. The van der Waals surface area contributed by atoms with Crippen molar-refractivity contribution in [3.05, 3.63) is 94.8 Å². The van der Waals surface area contributed by atoms with Crippen molar-refractivity contribution in [3.8, 4) is 5.75 Å². The quantitative estimate of drug-likeness (QED) is 0.299. The monoisotopic (exact) mass is 729 g/mol. The van der Waals surface area contributed by atoms with Crippen LogP contribution in [0.1, 0.15) is 85.7 Å². The molecule has 0 radical (unpaired) electrons. The summed E-state index contributed by atoms with van der Waals surface area (Å²) >= 11 is 0. The molecule has 6 bridgehead atoms. The minimum Gasteiger partial charge on any atom is -0.492 e. The molecule has 4 heterocycles. The summed E-state index contributed by atoms with van der Waals surface area (Å²) in [5.74, 6) is -2.26. The predicted octanol–water partition coefficient (Wildman–Crippen LogP) is 5.59. The van der Waals surface area contributed by atoms with Gasteiger partial charge in [0.2, 0.25) is 17.7 Å². The molecular formula is C41H52FN5O6. The maximum atomic E-state index is 15.0. The minimum absolute atomic E-state index is 0.0289. The molecular weight excluding hydrogens is 677 g/mol. The van der Waals surface area contributed by atoms with Gasteiger partial charge in [-0.1, -0.05) is 58.9 Å². The first kappa shape index (κ1) is 40.5. The Morgan fingerprint density at radius 2 is 1.49 bits per heavy atom. The van der Waals surface area contributed by atoms with E-state index in [1.165, 1.54) is 17.0 Å². The van der Waals surface area contributed by atoms with Crippen LogP contribution in [-0.4, -0.2) is 79.2 Å². The zero-order valence-electron chi connectivity index (χ0n) is 31.8. The third kappa shape index (κ3) is 12.4. The number of ether oxygens (including phenoxy) is 1. The van der Waals surface area contributed by atoms with Crippen LogP contribution in [0.2, 0.25) is 0 Å². The summed E-state index contributed by atoms with van der Waals surface area (Å²) in [5, 5.41) is 8.49. The molecule has 7 rings (SSSR count). The van der Waals surface area contributed by atoms with Gasteiger partial charge in [-0.2, -0.15) is 0 Å². The minimum atomic E-state index is -0.843. The second-order valence-corrected chi connectivity index (χ2v) is 15.7. The third-order valence-corrected chi connectivity index (χ3v) is 9.03. The molecule has 12 heteroatoms. The van der Waals surface area contributed by atoms with E-state index >= 15 is 4.39 Å². The third-order valence-electron chi connectivity index (χ3n) is 9.03. The zero-order valence-corrected chi connectivity index (χ0v) is 31.8. The Hall–Kier alpha value is -5.26. The molecule has 0 unspecified atom stereocenters. The van der Waals surface area contributed by atoms with Crippen LogP contribution in [0.5, 0.6) is 5.75 Å². The van der Waals surface area contributed by atoms with Crippen LogP contribution < -0.4 is 20.7 Å². The van der Waals surface area contributed by atoms with Gasteiger partial charge in [0, 0.05) is 57.3 Å². The molecule has 3 N–H and O–H groups in total. The summed E-state index contributed by atoms with van der Waals surface area (Å²) in [4.78, 5) is 69.2. The number of carbonyl (C=O) groups is 5. The number of amides is 5. The summed E-state index contributed by atoms with van der Waals surface area (Å²) in [6.07, 6.45) is 1.30. The van der Waals surface area contributed by atoms with Gasteiger partial charge in [0.15, 0.2) is 0 Å². The van der Waals surface area contributed by atoms with E-state index in [1.807, 2.05) is 46.8 Å². The fourth-order valence-electron chi connectivity index (χ4n) is 5.92. The van der Waals surface area contributed by atoms with Crippen LogP contribution >= 0.6 is 0 Å². The average molecular weight is 730 g/mol. The van der Waals surface area contributed by atoms with Gasteiger partial charge in [-0.25, -0.2) is 4.39 Å². The number of halogens is 1. The number of hydrogen-bond acceptors (Lipinski definition) is 6. The number of likely N-dealkylation sites (N-methyl/N-ethyl adjacent to an activating group) is 2. The molecule has 0 saturated heterocycles. The van der Waals surface area contributed by atoms with Crippen molar-refractivity contribution < 1.29 is 33.1 Å². The number of rotatable bonds is 1. The van der Waals surface area contributed by atoms with Gasteiger partial charge < -0.3 is 30.5 Å². The lowest BCUT2D eigenvalue weighted by Gasteiger charge is -2.28. The Kier molecular flexibility index (Phi) is 13.4. The van der Waals surface area contributed by atoms with E-state index in [9.17, 15) is 24.0 Å². The highest BCUT2D eigenvalue weighted by molar-refractivity contribution is 6.01. The maximum absolute atomic E-state index is 15.0. The van der Waals surface area contributed by atoms with Gasteiger partial charge in [0.1, 0.15) is 24.2 Å². The first-order valence-corrected chi connectivity index (χ1v) is 17.9. The largest absolute Gasteiger partial charge is 0.492 e. The van der Waals surface area contributed by atoms with Gasteiger partial charge in [-0.3, -0.25) is 24.0 Å². The van der Waals surface area contributed by atoms with Gasteiger partial charge in [-0.15, -0.1) is 0 Å². The lowest BCUT2D eigenvalue weighted by atomic mass is 9.84. The van der Waals surface area contributed by atoms with E-state index in [1.54, 1.807) is 55.4 Å². The van der Waals surface area contributed by atoms with Crippen molar-refractivity contribution in [2.24, 2.45) is 10.8 Å². The molecule has 0 aromatic heterocycles. The average Bonchev–Trinajstić information content (AvgIpc) is 3.08. The number of hydrogen-bond donors (Lipinski definition) is 3. The summed E-state index contributed by atoms with van der Waals surface area (Å²) in [7, 11) is 3.39. The highest BCUT2D eigenvalue weighted by Crippen LogP contribution is 2.27. The molecule has 3 aromatic carbocycles. The first-order valence-electron chi connectivity index (χ1n) is 17.9. The highest BCUT2D eigenvalue weighted by atomic mass is 19.1. The van der Waals surface area contributed by atoms with Gasteiger partial charge in [-0.05, 0) is 71.2 Å². The molecule has 3 aromatic rings. The maximum Gasteiger partial charge on any atom is 0.254 e.